The highest BCUT2D eigenvalue weighted by molar-refractivity contribution is 6.33. The number of rotatable bonds is 6. The molecule has 1 amide bonds. The normalized spacial score (nSPS) is 11.2. The molecule has 1 aromatic carbocycles. The third-order valence-electron chi connectivity index (χ3n) is 2.21. The van der Waals surface area contributed by atoms with E-state index >= 15 is 0 Å². The third-order valence-corrected chi connectivity index (χ3v) is 2.52. The van der Waals surface area contributed by atoms with Crippen molar-refractivity contribution in [3.63, 3.8) is 0 Å². The second-order valence-corrected chi connectivity index (χ2v) is 4.22. The van der Waals surface area contributed by atoms with Gasteiger partial charge in [-0.1, -0.05) is 17.7 Å². The van der Waals surface area contributed by atoms with Gasteiger partial charge in [0.25, 0.3) is 5.91 Å². The van der Waals surface area contributed by atoms with Crippen molar-refractivity contribution in [2.75, 3.05) is 19.8 Å². The minimum Gasteiger partial charge on any atom is -0.370 e. The zero-order valence-electron chi connectivity index (χ0n) is 10.4. The van der Waals surface area contributed by atoms with Crippen molar-refractivity contribution in [3.8, 4) is 0 Å². The second-order valence-electron chi connectivity index (χ2n) is 3.82. The Bertz CT molecular complexity index is 537. The van der Waals surface area contributed by atoms with Gasteiger partial charge < -0.3 is 10.1 Å². The number of amides is 1. The van der Waals surface area contributed by atoms with Crippen LogP contribution in [-0.4, -0.2) is 36.8 Å². The highest BCUT2D eigenvalue weighted by Crippen LogP contribution is 2.27. The third kappa shape index (κ3) is 5.56. The Morgan fingerprint density at radius 2 is 2.10 bits per heavy atom. The van der Waals surface area contributed by atoms with Gasteiger partial charge >= 0.3 is 11.9 Å². The van der Waals surface area contributed by atoms with E-state index in [1.807, 2.05) is 0 Å². The first kappa shape index (κ1) is 17.2. The molecule has 0 aliphatic carbocycles. The molecule has 0 aromatic heterocycles. The molecular weight excluding hydrogens is 317 g/mol. The average molecular weight is 327 g/mol. The Morgan fingerprint density at radius 3 is 2.67 bits per heavy atom. The van der Waals surface area contributed by atoms with Crippen LogP contribution in [-0.2, 0) is 4.74 Å². The first-order valence-corrected chi connectivity index (χ1v) is 5.96. The Kier molecular flexibility index (Phi) is 5.91. The van der Waals surface area contributed by atoms with Crippen molar-refractivity contribution in [1.82, 2.24) is 5.32 Å². The predicted molar refractivity (Wildman–Crippen MR) is 67.3 cm³/mol. The highest BCUT2D eigenvalue weighted by Gasteiger charge is 2.27. The molecule has 10 heteroatoms. The lowest BCUT2D eigenvalue weighted by Gasteiger charge is -2.09. The van der Waals surface area contributed by atoms with Gasteiger partial charge in [0.05, 0.1) is 11.5 Å². The standard InChI is InChI=1S/C11H10ClF3N2O4/c12-8-3-1-2-7(9(8)17(19)20)10(18)16-4-5-21-6-11(13,14)15/h1-3H,4-6H2,(H,16,18). The fourth-order valence-corrected chi connectivity index (χ4v) is 1.65. The molecule has 0 heterocycles. The van der Waals surface area contributed by atoms with Crippen LogP contribution in [0.3, 0.4) is 0 Å². The van der Waals surface area contributed by atoms with Gasteiger partial charge in [-0.3, -0.25) is 14.9 Å². The van der Waals surface area contributed by atoms with Crippen molar-refractivity contribution < 1.29 is 27.6 Å². The number of benzene rings is 1. The molecule has 21 heavy (non-hydrogen) atoms. The van der Waals surface area contributed by atoms with Gasteiger partial charge in [0.15, 0.2) is 0 Å². The van der Waals surface area contributed by atoms with Gasteiger partial charge in [-0.2, -0.15) is 13.2 Å². The Hall–Kier alpha value is -1.87. The fraction of sp³-hybridized carbons (Fsp3) is 0.364. The molecule has 0 atom stereocenters. The van der Waals surface area contributed by atoms with Crippen molar-refractivity contribution in [3.05, 3.63) is 38.9 Å². The van der Waals surface area contributed by atoms with Crippen molar-refractivity contribution in [1.29, 1.82) is 0 Å². The van der Waals surface area contributed by atoms with Crippen LogP contribution in [0.2, 0.25) is 5.02 Å². The van der Waals surface area contributed by atoms with E-state index < -0.39 is 29.3 Å². The lowest BCUT2D eigenvalue weighted by Crippen LogP contribution is -2.29. The SMILES string of the molecule is O=C(NCCOCC(F)(F)F)c1cccc(Cl)c1[N+](=O)[O-]. The molecule has 1 rings (SSSR count). The number of carbonyl (C=O) groups excluding carboxylic acids is 1. The van der Waals surface area contributed by atoms with E-state index in [9.17, 15) is 28.1 Å². The van der Waals surface area contributed by atoms with Gasteiger partial charge in [-0.25, -0.2) is 0 Å². The number of para-hydroxylation sites is 1. The summed E-state index contributed by atoms with van der Waals surface area (Å²) in [5.74, 6) is -0.820. The molecule has 1 N–H and O–H groups in total. The van der Waals surface area contributed by atoms with E-state index in [0.717, 1.165) is 0 Å². The molecular formula is C11H10ClF3N2O4. The molecule has 0 bridgehead atoms. The van der Waals surface area contributed by atoms with Crippen LogP contribution in [0.1, 0.15) is 10.4 Å². The number of halogens is 4. The summed E-state index contributed by atoms with van der Waals surface area (Å²) in [5, 5.41) is 12.8. The quantitative estimate of drug-likeness (QED) is 0.495. The number of carbonyl (C=O) groups is 1. The highest BCUT2D eigenvalue weighted by atomic mass is 35.5. The molecule has 0 aliphatic rings. The zero-order valence-corrected chi connectivity index (χ0v) is 11.2. The van der Waals surface area contributed by atoms with Crippen molar-refractivity contribution >= 4 is 23.2 Å². The molecule has 0 saturated heterocycles. The maximum absolute atomic E-state index is 11.8. The van der Waals surface area contributed by atoms with Crippen LogP contribution in [0.4, 0.5) is 18.9 Å². The van der Waals surface area contributed by atoms with E-state index in [1.54, 1.807) is 0 Å². The summed E-state index contributed by atoms with van der Waals surface area (Å²) >= 11 is 5.63. The van der Waals surface area contributed by atoms with E-state index in [4.69, 9.17) is 11.6 Å². The number of nitrogens with zero attached hydrogens (tertiary/aromatic N) is 1. The summed E-state index contributed by atoms with van der Waals surface area (Å²) in [4.78, 5) is 21.7. The topological polar surface area (TPSA) is 81.5 Å². The minimum atomic E-state index is -4.45. The van der Waals surface area contributed by atoms with Crippen LogP contribution in [0.5, 0.6) is 0 Å². The largest absolute Gasteiger partial charge is 0.411 e. The van der Waals surface area contributed by atoms with Crippen LogP contribution >= 0.6 is 11.6 Å². The van der Waals surface area contributed by atoms with Crippen LogP contribution in [0.15, 0.2) is 18.2 Å². The molecule has 0 spiro atoms. The molecule has 6 nitrogen and oxygen atoms in total. The van der Waals surface area contributed by atoms with E-state index in [-0.39, 0.29) is 23.7 Å². The zero-order chi connectivity index (χ0) is 16.0. The van der Waals surface area contributed by atoms with Gasteiger partial charge in [-0.15, -0.1) is 0 Å². The van der Waals surface area contributed by atoms with Crippen LogP contribution in [0, 0.1) is 10.1 Å². The summed E-state index contributed by atoms with van der Waals surface area (Å²) in [6.45, 7) is -2.03. The number of hydrogen-bond acceptors (Lipinski definition) is 4. The Labute approximate surface area is 122 Å². The molecule has 0 aliphatic heterocycles. The monoisotopic (exact) mass is 326 g/mol. The number of alkyl halides is 3. The summed E-state index contributed by atoms with van der Waals surface area (Å²) in [7, 11) is 0. The van der Waals surface area contributed by atoms with E-state index in [2.05, 4.69) is 10.1 Å². The first-order chi connectivity index (χ1) is 9.72. The van der Waals surface area contributed by atoms with Gasteiger partial charge in [-0.05, 0) is 12.1 Å². The van der Waals surface area contributed by atoms with Crippen molar-refractivity contribution in [2.45, 2.75) is 6.18 Å². The molecule has 116 valence electrons. The Balaban J connectivity index is 2.57. The lowest BCUT2D eigenvalue weighted by molar-refractivity contribution is -0.385. The smallest absolute Gasteiger partial charge is 0.370 e. The summed E-state index contributed by atoms with van der Waals surface area (Å²) in [5.41, 5.74) is -0.837. The molecule has 0 radical (unpaired) electrons. The van der Waals surface area contributed by atoms with E-state index in [1.165, 1.54) is 18.2 Å². The van der Waals surface area contributed by atoms with E-state index in [0.29, 0.717) is 0 Å². The van der Waals surface area contributed by atoms with Gasteiger partial charge in [0.1, 0.15) is 17.2 Å². The molecule has 0 fully saturated rings. The summed E-state index contributed by atoms with van der Waals surface area (Å²) in [6, 6.07) is 3.79. The maximum Gasteiger partial charge on any atom is 0.411 e. The lowest BCUT2D eigenvalue weighted by atomic mass is 10.1. The molecule has 0 saturated carbocycles. The molecule has 1 aromatic rings. The number of nitro benzene ring substituents is 1. The number of hydrogen-bond donors (Lipinski definition) is 1. The second kappa shape index (κ2) is 7.23. The first-order valence-electron chi connectivity index (χ1n) is 5.58. The Morgan fingerprint density at radius 1 is 1.43 bits per heavy atom. The number of nitro groups is 1. The average Bonchev–Trinajstić information content (AvgIpc) is 2.35. The minimum absolute atomic E-state index is 0.207. The van der Waals surface area contributed by atoms with Crippen molar-refractivity contribution in [2.24, 2.45) is 0 Å². The van der Waals surface area contributed by atoms with Crippen LogP contribution in [0.25, 0.3) is 0 Å². The summed E-state index contributed by atoms with van der Waals surface area (Å²) < 4.78 is 39.7. The fourth-order valence-electron chi connectivity index (χ4n) is 1.40. The maximum atomic E-state index is 11.8. The van der Waals surface area contributed by atoms with Gasteiger partial charge in [0.2, 0.25) is 0 Å². The number of nitrogens with one attached hydrogen (secondary N) is 1. The summed E-state index contributed by atoms with van der Waals surface area (Å²) in [6.07, 6.45) is -4.45. The van der Waals surface area contributed by atoms with Crippen LogP contribution < -0.4 is 5.32 Å². The predicted octanol–water partition coefficient (Wildman–Crippen LogP) is 2.56. The van der Waals surface area contributed by atoms with Gasteiger partial charge in [0, 0.05) is 6.54 Å². The molecule has 0 unspecified atom stereocenters. The number of ether oxygens (including phenoxy) is 1.